The van der Waals surface area contributed by atoms with Crippen molar-refractivity contribution in [2.75, 3.05) is 28.4 Å². The van der Waals surface area contributed by atoms with Crippen LogP contribution in [-0.2, 0) is 25.7 Å². The molecule has 0 aliphatic carbocycles. The molecule has 0 aromatic heterocycles. The molecule has 192 valence electrons. The van der Waals surface area contributed by atoms with Crippen LogP contribution in [0.5, 0.6) is 34.5 Å². The zero-order chi connectivity index (χ0) is 26.0. The molecule has 4 rings (SSSR count). The number of methoxy groups -OCH3 is 4. The fourth-order valence-corrected chi connectivity index (χ4v) is 4.26. The fourth-order valence-electron chi connectivity index (χ4n) is 4.26. The van der Waals surface area contributed by atoms with Crippen LogP contribution in [0.2, 0.25) is 0 Å². The van der Waals surface area contributed by atoms with Gasteiger partial charge in [-0.05, 0) is 96.5 Å². The van der Waals surface area contributed by atoms with Crippen LogP contribution in [0.3, 0.4) is 0 Å². The molecular formula is C32H34O5. The molecule has 0 saturated carbocycles. The third kappa shape index (κ3) is 6.98. The summed E-state index contributed by atoms with van der Waals surface area (Å²) >= 11 is 0. The van der Waals surface area contributed by atoms with E-state index >= 15 is 0 Å². The summed E-state index contributed by atoms with van der Waals surface area (Å²) in [5.41, 5.74) is 4.79. The first-order chi connectivity index (χ1) is 18.1. The van der Waals surface area contributed by atoms with Gasteiger partial charge >= 0.3 is 0 Å². The minimum Gasteiger partial charge on any atom is -0.497 e. The highest BCUT2D eigenvalue weighted by atomic mass is 16.5. The Morgan fingerprint density at radius 1 is 0.405 bits per heavy atom. The lowest BCUT2D eigenvalue weighted by atomic mass is 10.0. The second kappa shape index (κ2) is 12.7. The molecule has 0 atom stereocenters. The van der Waals surface area contributed by atoms with E-state index in [1.54, 1.807) is 28.4 Å². The molecule has 37 heavy (non-hydrogen) atoms. The van der Waals surface area contributed by atoms with Crippen molar-refractivity contribution in [1.82, 2.24) is 0 Å². The molecule has 0 aliphatic heterocycles. The van der Waals surface area contributed by atoms with Crippen molar-refractivity contribution in [1.29, 1.82) is 0 Å². The van der Waals surface area contributed by atoms with E-state index in [1.165, 1.54) is 16.7 Å². The second-order valence-electron chi connectivity index (χ2n) is 8.78. The van der Waals surface area contributed by atoms with Gasteiger partial charge in [-0.3, -0.25) is 0 Å². The molecule has 5 heteroatoms. The zero-order valence-electron chi connectivity index (χ0n) is 22.0. The van der Waals surface area contributed by atoms with E-state index in [0.29, 0.717) is 23.0 Å². The van der Waals surface area contributed by atoms with Gasteiger partial charge in [0.1, 0.15) is 11.5 Å². The molecule has 0 bridgehead atoms. The molecule has 0 unspecified atom stereocenters. The summed E-state index contributed by atoms with van der Waals surface area (Å²) in [4.78, 5) is 0. The summed E-state index contributed by atoms with van der Waals surface area (Å²) in [5.74, 6) is 4.42. The minimum absolute atomic E-state index is 0.649. The van der Waals surface area contributed by atoms with E-state index in [2.05, 4.69) is 36.4 Å². The van der Waals surface area contributed by atoms with Gasteiger partial charge in [0.15, 0.2) is 23.0 Å². The van der Waals surface area contributed by atoms with Crippen molar-refractivity contribution in [3.8, 4) is 34.5 Å². The van der Waals surface area contributed by atoms with Crippen LogP contribution in [0, 0.1) is 0 Å². The summed E-state index contributed by atoms with van der Waals surface area (Å²) in [6.07, 6.45) is 3.55. The molecule has 0 heterocycles. The lowest BCUT2D eigenvalue weighted by Gasteiger charge is -2.15. The van der Waals surface area contributed by atoms with Crippen LogP contribution in [0.4, 0.5) is 0 Å². The van der Waals surface area contributed by atoms with Crippen molar-refractivity contribution in [3.63, 3.8) is 0 Å². The molecule has 0 radical (unpaired) electrons. The normalized spacial score (nSPS) is 10.6. The predicted octanol–water partition coefficient (Wildman–Crippen LogP) is 7.08. The summed E-state index contributed by atoms with van der Waals surface area (Å²) in [6.45, 7) is 0. The largest absolute Gasteiger partial charge is 0.497 e. The van der Waals surface area contributed by atoms with Crippen LogP contribution < -0.4 is 23.7 Å². The predicted molar refractivity (Wildman–Crippen MR) is 147 cm³/mol. The Labute approximate surface area is 219 Å². The van der Waals surface area contributed by atoms with E-state index in [9.17, 15) is 0 Å². The average molecular weight is 499 g/mol. The van der Waals surface area contributed by atoms with E-state index < -0.39 is 0 Å². The number of aryl methyl sites for hydroxylation is 4. The van der Waals surface area contributed by atoms with E-state index in [-0.39, 0.29) is 0 Å². The Balaban J connectivity index is 1.46. The lowest BCUT2D eigenvalue weighted by Crippen LogP contribution is -1.98. The average Bonchev–Trinajstić information content (AvgIpc) is 2.95. The van der Waals surface area contributed by atoms with Crippen LogP contribution in [0.25, 0.3) is 0 Å². The maximum atomic E-state index is 6.31. The molecule has 0 saturated heterocycles. The van der Waals surface area contributed by atoms with Gasteiger partial charge in [-0.2, -0.15) is 0 Å². The van der Waals surface area contributed by atoms with Gasteiger partial charge in [0.05, 0.1) is 28.4 Å². The topological polar surface area (TPSA) is 46.2 Å². The van der Waals surface area contributed by atoms with Crippen molar-refractivity contribution < 1.29 is 23.7 Å². The first-order valence-corrected chi connectivity index (χ1v) is 12.4. The zero-order valence-corrected chi connectivity index (χ0v) is 22.0. The van der Waals surface area contributed by atoms with Gasteiger partial charge in [-0.25, -0.2) is 0 Å². The van der Waals surface area contributed by atoms with Gasteiger partial charge in [0, 0.05) is 0 Å². The van der Waals surface area contributed by atoms with Crippen molar-refractivity contribution >= 4 is 0 Å². The summed E-state index contributed by atoms with van der Waals surface area (Å²) in [6, 6.07) is 28.5. The maximum Gasteiger partial charge on any atom is 0.169 e. The van der Waals surface area contributed by atoms with Gasteiger partial charge in [0.2, 0.25) is 0 Å². The second-order valence-corrected chi connectivity index (χ2v) is 8.78. The molecule has 4 aromatic rings. The molecule has 0 N–H and O–H groups in total. The van der Waals surface area contributed by atoms with Crippen molar-refractivity contribution in [3.05, 3.63) is 107 Å². The lowest BCUT2D eigenvalue weighted by molar-refractivity contribution is 0.356. The summed E-state index contributed by atoms with van der Waals surface area (Å²) < 4.78 is 28.3. The van der Waals surface area contributed by atoms with E-state index in [4.69, 9.17) is 23.7 Å². The molecule has 5 nitrogen and oxygen atoms in total. The molecule has 0 fully saturated rings. The first kappa shape index (κ1) is 26.0. The highest BCUT2D eigenvalue weighted by Gasteiger charge is 2.12. The Hall–Kier alpha value is -4.12. The molecule has 0 spiro atoms. The highest BCUT2D eigenvalue weighted by Crippen LogP contribution is 2.38. The van der Waals surface area contributed by atoms with Gasteiger partial charge in [-0.15, -0.1) is 0 Å². The maximum absolute atomic E-state index is 6.31. The Morgan fingerprint density at radius 3 is 1.35 bits per heavy atom. The van der Waals surface area contributed by atoms with Gasteiger partial charge < -0.3 is 23.7 Å². The summed E-state index contributed by atoms with van der Waals surface area (Å²) in [5, 5.41) is 0. The van der Waals surface area contributed by atoms with Crippen LogP contribution in [0.15, 0.2) is 84.9 Å². The minimum atomic E-state index is 0.649. The SMILES string of the molecule is COc1cccc(CCc2ccc(Oc3cc(CCc4cccc(OC)c4)ccc3OC)c(OC)c2)c1. The van der Waals surface area contributed by atoms with E-state index in [1.807, 2.05) is 48.5 Å². The van der Waals surface area contributed by atoms with Crippen molar-refractivity contribution in [2.24, 2.45) is 0 Å². The number of hydrogen-bond donors (Lipinski definition) is 0. The smallest absolute Gasteiger partial charge is 0.169 e. The highest BCUT2D eigenvalue weighted by molar-refractivity contribution is 5.50. The van der Waals surface area contributed by atoms with E-state index in [0.717, 1.165) is 42.7 Å². The van der Waals surface area contributed by atoms with Crippen LogP contribution in [0.1, 0.15) is 22.3 Å². The first-order valence-electron chi connectivity index (χ1n) is 12.4. The quantitative estimate of drug-likeness (QED) is 0.209. The third-order valence-electron chi connectivity index (χ3n) is 6.35. The Bertz CT molecular complexity index is 1310. The van der Waals surface area contributed by atoms with Gasteiger partial charge in [0.25, 0.3) is 0 Å². The Kier molecular flexibility index (Phi) is 8.93. The van der Waals surface area contributed by atoms with Crippen LogP contribution in [-0.4, -0.2) is 28.4 Å². The number of benzene rings is 4. The third-order valence-corrected chi connectivity index (χ3v) is 6.35. The number of rotatable bonds is 12. The molecule has 0 amide bonds. The number of hydrogen-bond acceptors (Lipinski definition) is 5. The molecule has 4 aromatic carbocycles. The molecule has 0 aliphatic rings. The van der Waals surface area contributed by atoms with Gasteiger partial charge in [-0.1, -0.05) is 36.4 Å². The summed E-state index contributed by atoms with van der Waals surface area (Å²) in [7, 11) is 6.69. The standard InChI is InChI=1S/C32H34O5/c1-33-27-9-5-7-23(19-27)11-13-25-16-18-30(31(21-25)36-4)37-32-22-26(15-17-29(32)35-3)14-12-24-8-6-10-28(20-24)34-2/h5-10,15-22H,11-14H2,1-4H3. The Morgan fingerprint density at radius 2 is 0.865 bits per heavy atom. The van der Waals surface area contributed by atoms with Crippen LogP contribution >= 0.6 is 0 Å². The number of ether oxygens (including phenoxy) is 5. The van der Waals surface area contributed by atoms with Crippen molar-refractivity contribution in [2.45, 2.75) is 25.7 Å². The molecular weight excluding hydrogens is 464 g/mol. The fraction of sp³-hybridized carbons (Fsp3) is 0.250. The monoisotopic (exact) mass is 498 g/mol.